The lowest BCUT2D eigenvalue weighted by molar-refractivity contribution is -0.102. The van der Waals surface area contributed by atoms with E-state index in [1.165, 1.54) is 18.2 Å². The van der Waals surface area contributed by atoms with Gasteiger partial charge >= 0.3 is 6.09 Å². The zero-order chi connectivity index (χ0) is 24.6. The monoisotopic (exact) mass is 463 g/mol. The third kappa shape index (κ3) is 4.88. The Balaban J connectivity index is 2.11. The summed E-state index contributed by atoms with van der Waals surface area (Å²) in [5.41, 5.74) is -4.78. The zero-order valence-electron chi connectivity index (χ0n) is 18.6. The zero-order valence-corrected chi connectivity index (χ0v) is 18.6. The molecule has 3 rings (SSSR count). The van der Waals surface area contributed by atoms with Gasteiger partial charge in [-0.25, -0.2) is 22.9 Å². The van der Waals surface area contributed by atoms with Crippen molar-refractivity contribution in [3.05, 3.63) is 47.4 Å². The fourth-order valence-electron chi connectivity index (χ4n) is 3.30. The Morgan fingerprint density at radius 2 is 2.00 bits per heavy atom. The molecule has 1 aromatic heterocycles. The molecular weight excluding hydrogens is 439 g/mol. The van der Waals surface area contributed by atoms with E-state index < -0.39 is 47.2 Å². The fraction of sp³-hybridized carbons (Fsp3) is 0.435. The fourth-order valence-corrected chi connectivity index (χ4v) is 3.30. The number of nitrogens with zero attached hydrogens (tertiary/aromatic N) is 2. The van der Waals surface area contributed by atoms with Crippen molar-refractivity contribution >= 4 is 6.09 Å². The van der Waals surface area contributed by atoms with Gasteiger partial charge in [0.2, 0.25) is 0 Å². The number of benzene rings is 1. The molecule has 1 amide bonds. The molecule has 2 heterocycles. The molecule has 1 aliphatic heterocycles. The molecule has 2 N–H and O–H groups in total. The molecule has 0 bridgehead atoms. The maximum atomic E-state index is 14.1. The molecule has 0 aliphatic carbocycles. The average molecular weight is 463 g/mol. The van der Waals surface area contributed by atoms with E-state index in [4.69, 9.17) is 9.47 Å². The third-order valence-electron chi connectivity index (χ3n) is 5.14. The highest BCUT2D eigenvalue weighted by molar-refractivity contribution is 5.72. The Labute approximate surface area is 189 Å². The van der Waals surface area contributed by atoms with Crippen molar-refractivity contribution in [2.24, 2.45) is 0 Å². The van der Waals surface area contributed by atoms with Crippen LogP contribution in [-0.2, 0) is 15.8 Å². The van der Waals surface area contributed by atoms with Gasteiger partial charge in [-0.15, -0.1) is 0 Å². The van der Waals surface area contributed by atoms with E-state index in [-0.39, 0.29) is 23.6 Å². The summed E-state index contributed by atoms with van der Waals surface area (Å²) in [5.74, 6) is -0.328. The Morgan fingerprint density at radius 1 is 1.36 bits per heavy atom. The van der Waals surface area contributed by atoms with E-state index in [9.17, 15) is 28.3 Å². The molecule has 176 valence electrons. The first kappa shape index (κ1) is 24.3. The number of amides is 1. The number of ether oxygens (including phenoxy) is 2. The summed E-state index contributed by atoms with van der Waals surface area (Å²) in [6.45, 7) is 5.42. The van der Waals surface area contributed by atoms with Gasteiger partial charge in [0.05, 0.1) is 18.3 Å². The molecule has 1 aliphatic rings. The van der Waals surface area contributed by atoms with Gasteiger partial charge in [0.15, 0.2) is 11.4 Å². The van der Waals surface area contributed by atoms with Gasteiger partial charge in [-0.1, -0.05) is 0 Å². The van der Waals surface area contributed by atoms with E-state index in [2.05, 4.69) is 16.4 Å². The third-order valence-corrected chi connectivity index (χ3v) is 5.14. The van der Waals surface area contributed by atoms with Crippen molar-refractivity contribution in [2.75, 3.05) is 13.2 Å². The van der Waals surface area contributed by atoms with Crippen LogP contribution in [0.4, 0.5) is 18.0 Å². The Kier molecular flexibility index (Phi) is 6.31. The van der Waals surface area contributed by atoms with Crippen molar-refractivity contribution in [1.29, 1.82) is 5.26 Å². The van der Waals surface area contributed by atoms with Gasteiger partial charge in [0.25, 0.3) is 6.43 Å². The Bertz CT molecular complexity index is 1100. The highest BCUT2D eigenvalue weighted by Gasteiger charge is 2.46. The lowest BCUT2D eigenvalue weighted by Crippen LogP contribution is -2.47. The number of aliphatic hydroxyl groups is 1. The summed E-state index contributed by atoms with van der Waals surface area (Å²) < 4.78 is 52.4. The van der Waals surface area contributed by atoms with E-state index in [0.717, 1.165) is 12.1 Å². The molecular formula is C23H24F3N3O4. The maximum Gasteiger partial charge on any atom is 0.407 e. The summed E-state index contributed by atoms with van der Waals surface area (Å²) in [4.78, 5) is 16.2. The molecule has 0 fully saturated rings. The molecule has 0 saturated carbocycles. The van der Waals surface area contributed by atoms with Crippen molar-refractivity contribution in [2.45, 2.75) is 50.7 Å². The average Bonchev–Trinajstić information content (AvgIpc) is 3.08. The second kappa shape index (κ2) is 8.56. The van der Waals surface area contributed by atoms with Gasteiger partial charge in [-0.3, -0.25) is 0 Å². The molecule has 1 unspecified atom stereocenters. The molecule has 0 radical (unpaired) electrons. The Hall–Kier alpha value is -3.32. The summed E-state index contributed by atoms with van der Waals surface area (Å²) in [6, 6.07) is 8.37. The van der Waals surface area contributed by atoms with E-state index >= 15 is 0 Å². The largest absolute Gasteiger partial charge is 0.489 e. The number of hydrogen-bond donors (Lipinski definition) is 2. The minimum atomic E-state index is -3.35. The van der Waals surface area contributed by atoms with Crippen LogP contribution in [0.5, 0.6) is 5.75 Å². The predicted octanol–water partition coefficient (Wildman–Crippen LogP) is 4.04. The van der Waals surface area contributed by atoms with Crippen molar-refractivity contribution in [3.8, 4) is 23.1 Å². The van der Waals surface area contributed by atoms with Crippen molar-refractivity contribution in [1.82, 2.24) is 10.3 Å². The highest BCUT2D eigenvalue weighted by Crippen LogP contribution is 2.45. The molecule has 33 heavy (non-hydrogen) atoms. The minimum Gasteiger partial charge on any atom is -0.489 e. The first-order valence-electron chi connectivity index (χ1n) is 10.1. The number of aromatic nitrogens is 1. The van der Waals surface area contributed by atoms with Crippen LogP contribution >= 0.6 is 0 Å². The van der Waals surface area contributed by atoms with Crippen LogP contribution in [0, 0.1) is 17.1 Å². The van der Waals surface area contributed by atoms with Crippen molar-refractivity contribution in [3.63, 3.8) is 0 Å². The van der Waals surface area contributed by atoms with Gasteiger partial charge in [0.1, 0.15) is 29.1 Å². The number of alkyl halides is 2. The van der Waals surface area contributed by atoms with E-state index in [0.29, 0.717) is 5.56 Å². The van der Waals surface area contributed by atoms with Crippen molar-refractivity contribution < 1.29 is 32.5 Å². The van der Waals surface area contributed by atoms with Crippen LogP contribution in [0.15, 0.2) is 30.3 Å². The number of fused-ring (bicyclic) bond motifs is 1. The molecule has 0 spiro atoms. The quantitative estimate of drug-likeness (QED) is 0.694. The number of pyridine rings is 1. The number of hydrogen-bond acceptors (Lipinski definition) is 6. The van der Waals surface area contributed by atoms with E-state index in [1.54, 1.807) is 27.7 Å². The highest BCUT2D eigenvalue weighted by atomic mass is 19.3. The maximum absolute atomic E-state index is 14.1. The Morgan fingerprint density at radius 3 is 2.55 bits per heavy atom. The number of carbonyl (C=O) groups excluding carboxylic acids is 1. The molecule has 2 atom stereocenters. The van der Waals surface area contributed by atoms with Gasteiger partial charge in [-0.2, -0.15) is 5.26 Å². The molecule has 0 saturated heterocycles. The van der Waals surface area contributed by atoms with Crippen LogP contribution in [0.25, 0.3) is 11.3 Å². The molecule has 10 heteroatoms. The van der Waals surface area contributed by atoms with Crippen LogP contribution in [0.1, 0.15) is 39.0 Å². The summed E-state index contributed by atoms with van der Waals surface area (Å²) in [5, 5.41) is 22.8. The number of halogens is 3. The lowest BCUT2D eigenvalue weighted by atomic mass is 9.84. The van der Waals surface area contributed by atoms with Crippen LogP contribution in [-0.4, -0.2) is 41.4 Å². The van der Waals surface area contributed by atoms with Crippen LogP contribution in [0.3, 0.4) is 0 Å². The number of nitriles is 1. The molecule has 7 nitrogen and oxygen atoms in total. The standard InChI is InChI=1S/C23H24F3N3O4/c1-21(2,3)33-20(30)28-11-23(31,19(25)26)16-9-15-18(32-12-22(15,4)10-27)17(29-16)13-5-7-14(24)8-6-13/h5-9,19,31H,11-12H2,1-4H3,(H,28,30)/t22-,23?/m0/s1. The predicted molar refractivity (Wildman–Crippen MR) is 112 cm³/mol. The molecule has 1 aromatic carbocycles. The summed E-state index contributed by atoms with van der Waals surface area (Å²) in [7, 11) is 0. The second-order valence-corrected chi connectivity index (χ2v) is 9.05. The topological polar surface area (TPSA) is 104 Å². The SMILES string of the molecule is CC(C)(C)OC(=O)NCC(O)(c1cc2c(c(-c3ccc(F)cc3)n1)OC[C@]2(C)C#N)C(F)F. The van der Waals surface area contributed by atoms with Crippen LogP contribution < -0.4 is 10.1 Å². The van der Waals surface area contributed by atoms with Crippen LogP contribution in [0.2, 0.25) is 0 Å². The van der Waals surface area contributed by atoms with E-state index in [1.807, 2.05) is 0 Å². The summed E-state index contributed by atoms with van der Waals surface area (Å²) >= 11 is 0. The second-order valence-electron chi connectivity index (χ2n) is 9.05. The number of alkyl carbamates (subject to hydrolysis) is 1. The first-order chi connectivity index (χ1) is 15.3. The van der Waals surface area contributed by atoms with Gasteiger partial charge in [-0.05, 0) is 58.0 Å². The first-order valence-corrected chi connectivity index (χ1v) is 10.1. The number of nitrogens with one attached hydrogen (secondary N) is 1. The van der Waals surface area contributed by atoms with Gasteiger partial charge in [0, 0.05) is 11.1 Å². The number of carbonyl (C=O) groups is 1. The van der Waals surface area contributed by atoms with Gasteiger partial charge < -0.3 is 19.9 Å². The number of rotatable bonds is 5. The minimum absolute atomic E-state index is 0.0541. The summed E-state index contributed by atoms with van der Waals surface area (Å²) in [6.07, 6.45) is -4.35. The smallest absolute Gasteiger partial charge is 0.407 e. The lowest BCUT2D eigenvalue weighted by Gasteiger charge is -2.29. The normalized spacial score (nSPS) is 19.3. The molecule has 2 aromatic rings.